The highest BCUT2D eigenvalue weighted by Crippen LogP contribution is 2.36. The highest BCUT2D eigenvalue weighted by molar-refractivity contribution is 9.10. The summed E-state index contributed by atoms with van der Waals surface area (Å²) in [4.78, 5) is 27.5. The van der Waals surface area contributed by atoms with Gasteiger partial charge in [0.2, 0.25) is 5.91 Å². The van der Waals surface area contributed by atoms with Crippen molar-refractivity contribution in [3.63, 3.8) is 0 Å². The van der Waals surface area contributed by atoms with Gasteiger partial charge in [-0.15, -0.1) is 0 Å². The molecule has 0 bridgehead atoms. The number of hydrogen-bond acceptors (Lipinski definition) is 5. The van der Waals surface area contributed by atoms with Gasteiger partial charge in [0.05, 0.1) is 19.9 Å². The monoisotopic (exact) mass is 536 g/mol. The first kappa shape index (κ1) is 24.3. The molecular formula is C27H25BrN2O5. The van der Waals surface area contributed by atoms with Crippen molar-refractivity contribution in [3.8, 4) is 17.2 Å². The van der Waals surface area contributed by atoms with E-state index in [2.05, 4.69) is 21.2 Å². The van der Waals surface area contributed by atoms with Crippen LogP contribution in [0.1, 0.15) is 11.1 Å². The third-order valence-electron chi connectivity index (χ3n) is 5.51. The molecule has 0 saturated heterocycles. The first-order valence-corrected chi connectivity index (χ1v) is 11.8. The Labute approximate surface area is 212 Å². The van der Waals surface area contributed by atoms with E-state index in [4.69, 9.17) is 14.2 Å². The van der Waals surface area contributed by atoms with Gasteiger partial charge in [-0.1, -0.05) is 52.3 Å². The van der Waals surface area contributed by atoms with E-state index in [1.165, 1.54) is 4.90 Å². The van der Waals surface area contributed by atoms with Gasteiger partial charge in [-0.05, 0) is 54.0 Å². The summed E-state index contributed by atoms with van der Waals surface area (Å²) in [5.74, 6) is 1.30. The Morgan fingerprint density at radius 3 is 2.54 bits per heavy atom. The highest BCUT2D eigenvalue weighted by atomic mass is 79.9. The molecule has 0 spiro atoms. The van der Waals surface area contributed by atoms with Crippen molar-refractivity contribution in [2.24, 2.45) is 0 Å². The minimum Gasteiger partial charge on any atom is -0.493 e. The number of benzene rings is 3. The largest absolute Gasteiger partial charge is 0.493 e. The second kappa shape index (κ2) is 11.1. The molecule has 180 valence electrons. The van der Waals surface area contributed by atoms with Gasteiger partial charge >= 0.3 is 0 Å². The number of nitrogens with zero attached hydrogens (tertiary/aromatic N) is 1. The lowest BCUT2D eigenvalue weighted by molar-refractivity contribution is -0.123. The summed E-state index contributed by atoms with van der Waals surface area (Å²) in [6, 6.07) is 20.3. The number of hydrogen-bond donors (Lipinski definition) is 1. The molecular weight excluding hydrogens is 512 g/mol. The first-order chi connectivity index (χ1) is 17.0. The number of anilines is 1. The lowest BCUT2D eigenvalue weighted by Gasteiger charge is -2.30. The molecule has 4 rings (SSSR count). The van der Waals surface area contributed by atoms with Gasteiger partial charge in [-0.25, -0.2) is 0 Å². The molecule has 0 aromatic heterocycles. The maximum Gasteiger partial charge on any atom is 0.294 e. The number of methoxy groups -OCH3 is 2. The van der Waals surface area contributed by atoms with E-state index in [1.807, 2.05) is 48.5 Å². The topological polar surface area (TPSA) is 77.1 Å². The molecule has 7 nitrogen and oxygen atoms in total. The molecule has 35 heavy (non-hydrogen) atoms. The fourth-order valence-corrected chi connectivity index (χ4v) is 4.13. The molecule has 0 fully saturated rings. The summed E-state index contributed by atoms with van der Waals surface area (Å²) in [5, 5.41) is 2.90. The van der Waals surface area contributed by atoms with Gasteiger partial charge in [0.25, 0.3) is 5.91 Å². The Hall–Kier alpha value is -3.78. The van der Waals surface area contributed by atoms with Crippen LogP contribution in [0.25, 0.3) is 6.08 Å². The van der Waals surface area contributed by atoms with Gasteiger partial charge in [-0.3, -0.25) is 14.5 Å². The van der Waals surface area contributed by atoms with Gasteiger partial charge in [0.1, 0.15) is 6.54 Å². The van der Waals surface area contributed by atoms with Crippen LogP contribution in [0, 0.1) is 0 Å². The van der Waals surface area contributed by atoms with Gasteiger partial charge in [0, 0.05) is 11.0 Å². The van der Waals surface area contributed by atoms with E-state index in [1.54, 1.807) is 38.5 Å². The van der Waals surface area contributed by atoms with Gasteiger partial charge < -0.3 is 19.5 Å². The number of carbonyl (C=O) groups is 2. The predicted molar refractivity (Wildman–Crippen MR) is 138 cm³/mol. The summed E-state index contributed by atoms with van der Waals surface area (Å²) in [5.41, 5.74) is 2.35. The molecule has 0 unspecified atom stereocenters. The van der Waals surface area contributed by atoms with Crippen LogP contribution in [0.4, 0.5) is 5.69 Å². The van der Waals surface area contributed by atoms with Crippen molar-refractivity contribution in [2.45, 2.75) is 6.42 Å². The average Bonchev–Trinajstić information content (AvgIpc) is 2.87. The van der Waals surface area contributed by atoms with Crippen LogP contribution in [0.15, 0.2) is 77.0 Å². The number of ether oxygens (including phenoxy) is 3. The summed E-state index contributed by atoms with van der Waals surface area (Å²) >= 11 is 3.49. The number of halogens is 1. The molecule has 1 aliphatic rings. The Morgan fingerprint density at radius 2 is 1.77 bits per heavy atom. The molecule has 0 atom stereocenters. The number of para-hydroxylation sites is 2. The van der Waals surface area contributed by atoms with Crippen molar-refractivity contribution in [2.75, 3.05) is 32.2 Å². The van der Waals surface area contributed by atoms with Crippen molar-refractivity contribution in [1.29, 1.82) is 0 Å². The van der Waals surface area contributed by atoms with E-state index in [0.29, 0.717) is 35.9 Å². The normalized spacial score (nSPS) is 13.7. The minimum absolute atomic E-state index is 0.127. The number of rotatable bonds is 8. The molecule has 3 aromatic carbocycles. The minimum atomic E-state index is -0.380. The molecule has 1 aliphatic heterocycles. The number of amides is 2. The quantitative estimate of drug-likeness (QED) is 0.426. The number of fused-ring (bicyclic) bond motifs is 1. The zero-order valence-corrected chi connectivity index (χ0v) is 21.0. The number of nitrogens with one attached hydrogen (secondary N) is 1. The van der Waals surface area contributed by atoms with E-state index in [0.717, 1.165) is 15.6 Å². The lowest BCUT2D eigenvalue weighted by Crippen LogP contribution is -2.44. The molecule has 3 aromatic rings. The molecule has 2 amide bonds. The molecule has 0 radical (unpaired) electrons. The van der Waals surface area contributed by atoms with Crippen LogP contribution in [0.2, 0.25) is 0 Å². The predicted octanol–water partition coefficient (Wildman–Crippen LogP) is 4.59. The van der Waals surface area contributed by atoms with Gasteiger partial charge in [-0.2, -0.15) is 0 Å². The zero-order chi connectivity index (χ0) is 24.8. The van der Waals surface area contributed by atoms with Crippen LogP contribution in [0.5, 0.6) is 17.2 Å². The van der Waals surface area contributed by atoms with E-state index < -0.39 is 0 Å². The third kappa shape index (κ3) is 5.66. The lowest BCUT2D eigenvalue weighted by atomic mass is 10.1. The van der Waals surface area contributed by atoms with Crippen LogP contribution in [-0.4, -0.2) is 39.1 Å². The van der Waals surface area contributed by atoms with Crippen LogP contribution in [-0.2, 0) is 16.0 Å². The Morgan fingerprint density at radius 1 is 1.03 bits per heavy atom. The van der Waals surface area contributed by atoms with Crippen molar-refractivity contribution < 1.29 is 23.8 Å². The maximum absolute atomic E-state index is 13.3. The molecule has 0 saturated carbocycles. The van der Waals surface area contributed by atoms with Gasteiger partial charge in [0.15, 0.2) is 23.0 Å². The van der Waals surface area contributed by atoms with E-state index >= 15 is 0 Å². The third-order valence-corrected chi connectivity index (χ3v) is 6.23. The Kier molecular flexibility index (Phi) is 7.72. The molecule has 8 heteroatoms. The number of carbonyl (C=O) groups excluding carboxylic acids is 2. The highest BCUT2D eigenvalue weighted by Gasteiger charge is 2.31. The summed E-state index contributed by atoms with van der Waals surface area (Å²) in [6.45, 7) is 0.284. The van der Waals surface area contributed by atoms with Crippen molar-refractivity contribution in [3.05, 3.63) is 88.1 Å². The fraction of sp³-hybridized carbons (Fsp3) is 0.185. The zero-order valence-electron chi connectivity index (χ0n) is 19.4. The standard InChI is InChI=1S/C27H25BrN2O5/c1-33-23-12-11-18(15-24(23)34-2)13-14-29-26(31)17-30-21-9-5-6-10-22(21)35-25(27(30)32)16-19-7-3-4-8-20(19)28/h3-12,15-16H,13-14,17H2,1-2H3,(H,29,31). The Balaban J connectivity index is 1.46. The average molecular weight is 537 g/mol. The van der Waals surface area contributed by atoms with Crippen LogP contribution < -0.4 is 24.4 Å². The Bertz CT molecular complexity index is 1270. The van der Waals surface area contributed by atoms with Crippen molar-refractivity contribution >= 4 is 39.5 Å². The maximum atomic E-state index is 13.3. The van der Waals surface area contributed by atoms with Crippen LogP contribution >= 0.6 is 15.9 Å². The molecule has 1 N–H and O–H groups in total. The summed E-state index contributed by atoms with van der Waals surface area (Å²) < 4.78 is 17.3. The van der Waals surface area contributed by atoms with Crippen molar-refractivity contribution in [1.82, 2.24) is 5.32 Å². The SMILES string of the molecule is COc1ccc(CCNC(=O)CN2C(=O)C(=Cc3ccccc3Br)Oc3ccccc32)cc1OC. The fourth-order valence-electron chi connectivity index (χ4n) is 3.73. The first-order valence-electron chi connectivity index (χ1n) is 11.0. The smallest absolute Gasteiger partial charge is 0.294 e. The molecule has 0 aliphatic carbocycles. The second-order valence-corrected chi connectivity index (χ2v) is 8.63. The summed E-state index contributed by atoms with van der Waals surface area (Å²) in [6.07, 6.45) is 2.28. The molecule has 1 heterocycles. The van der Waals surface area contributed by atoms with E-state index in [9.17, 15) is 9.59 Å². The van der Waals surface area contributed by atoms with E-state index in [-0.39, 0.29) is 24.1 Å². The summed E-state index contributed by atoms with van der Waals surface area (Å²) in [7, 11) is 3.17. The second-order valence-electron chi connectivity index (χ2n) is 7.78. The van der Waals surface area contributed by atoms with Crippen LogP contribution in [0.3, 0.4) is 0 Å².